The summed E-state index contributed by atoms with van der Waals surface area (Å²) in [5.41, 5.74) is 6.03. The Kier molecular flexibility index (Phi) is 6.93. The SMILES string of the molecule is CSCCC(N)C(=O)N1CCN(c2cc(N3CCOCC3)ncn2)CC1. The van der Waals surface area contributed by atoms with Gasteiger partial charge in [-0.15, -0.1) is 0 Å². The van der Waals surface area contributed by atoms with Crippen LogP contribution < -0.4 is 15.5 Å². The molecule has 3 rings (SSSR count). The van der Waals surface area contributed by atoms with E-state index in [4.69, 9.17) is 10.5 Å². The van der Waals surface area contributed by atoms with Crippen molar-refractivity contribution in [1.82, 2.24) is 14.9 Å². The van der Waals surface area contributed by atoms with Crippen molar-refractivity contribution in [3.8, 4) is 0 Å². The lowest BCUT2D eigenvalue weighted by Gasteiger charge is -2.37. The van der Waals surface area contributed by atoms with Gasteiger partial charge in [0.2, 0.25) is 5.91 Å². The molecule has 144 valence electrons. The third kappa shape index (κ3) is 4.77. The first-order valence-corrected chi connectivity index (χ1v) is 10.5. The first kappa shape index (κ1) is 19.2. The monoisotopic (exact) mass is 380 g/mol. The second-order valence-corrected chi connectivity index (χ2v) is 7.52. The van der Waals surface area contributed by atoms with E-state index in [2.05, 4.69) is 19.8 Å². The van der Waals surface area contributed by atoms with E-state index in [9.17, 15) is 4.79 Å². The van der Waals surface area contributed by atoms with Crippen LogP contribution in [-0.2, 0) is 9.53 Å². The van der Waals surface area contributed by atoms with Gasteiger partial charge in [0.05, 0.1) is 19.3 Å². The van der Waals surface area contributed by atoms with Crippen molar-refractivity contribution in [1.29, 1.82) is 0 Å². The van der Waals surface area contributed by atoms with Gasteiger partial charge < -0.3 is 25.2 Å². The Bertz CT molecular complexity index is 590. The van der Waals surface area contributed by atoms with Crippen molar-refractivity contribution in [3.05, 3.63) is 12.4 Å². The van der Waals surface area contributed by atoms with Crippen LogP contribution in [0.2, 0.25) is 0 Å². The maximum Gasteiger partial charge on any atom is 0.239 e. The average molecular weight is 381 g/mol. The van der Waals surface area contributed by atoms with E-state index in [0.717, 1.165) is 63.2 Å². The van der Waals surface area contributed by atoms with Gasteiger partial charge in [-0.25, -0.2) is 9.97 Å². The number of hydrogen-bond donors (Lipinski definition) is 1. The number of carbonyl (C=O) groups excluding carboxylic acids is 1. The largest absolute Gasteiger partial charge is 0.378 e. The van der Waals surface area contributed by atoms with E-state index >= 15 is 0 Å². The fraction of sp³-hybridized carbons (Fsp3) is 0.706. The zero-order valence-electron chi connectivity index (χ0n) is 15.3. The Labute approximate surface area is 159 Å². The Morgan fingerprint density at radius 1 is 1.15 bits per heavy atom. The Balaban J connectivity index is 1.55. The minimum atomic E-state index is -0.388. The van der Waals surface area contributed by atoms with E-state index < -0.39 is 0 Å². The summed E-state index contributed by atoms with van der Waals surface area (Å²) in [5.74, 6) is 2.84. The molecule has 9 heteroatoms. The van der Waals surface area contributed by atoms with Gasteiger partial charge in [-0.3, -0.25) is 4.79 Å². The molecule has 0 aliphatic carbocycles. The molecule has 1 aromatic heterocycles. The lowest BCUT2D eigenvalue weighted by molar-refractivity contribution is -0.132. The van der Waals surface area contributed by atoms with Crippen LogP contribution in [0.1, 0.15) is 6.42 Å². The van der Waals surface area contributed by atoms with Crippen molar-refractivity contribution in [2.45, 2.75) is 12.5 Å². The minimum Gasteiger partial charge on any atom is -0.378 e. The number of carbonyl (C=O) groups is 1. The molecule has 0 radical (unpaired) electrons. The van der Waals surface area contributed by atoms with Gasteiger partial charge in [-0.2, -0.15) is 11.8 Å². The van der Waals surface area contributed by atoms with Crippen LogP contribution in [0, 0.1) is 0 Å². The number of hydrogen-bond acceptors (Lipinski definition) is 8. The number of aromatic nitrogens is 2. The molecule has 2 N–H and O–H groups in total. The molecular formula is C17H28N6O2S. The molecule has 8 nitrogen and oxygen atoms in total. The van der Waals surface area contributed by atoms with E-state index in [0.29, 0.717) is 13.1 Å². The molecule has 0 spiro atoms. The molecule has 0 bridgehead atoms. The summed E-state index contributed by atoms with van der Waals surface area (Å²) in [6.07, 6.45) is 4.38. The maximum absolute atomic E-state index is 12.4. The number of rotatable bonds is 6. The fourth-order valence-electron chi connectivity index (χ4n) is 3.23. The lowest BCUT2D eigenvalue weighted by Crippen LogP contribution is -2.53. The van der Waals surface area contributed by atoms with Crippen molar-refractivity contribution in [3.63, 3.8) is 0 Å². The van der Waals surface area contributed by atoms with Crippen LogP contribution in [0.15, 0.2) is 12.4 Å². The Morgan fingerprint density at radius 3 is 2.38 bits per heavy atom. The Morgan fingerprint density at radius 2 is 1.77 bits per heavy atom. The lowest BCUT2D eigenvalue weighted by atomic mass is 10.2. The molecule has 1 amide bonds. The van der Waals surface area contributed by atoms with Gasteiger partial charge in [-0.1, -0.05) is 0 Å². The summed E-state index contributed by atoms with van der Waals surface area (Å²) in [5, 5.41) is 0. The number of nitrogens with zero attached hydrogens (tertiary/aromatic N) is 5. The molecule has 0 aromatic carbocycles. The molecule has 1 atom stereocenters. The topological polar surface area (TPSA) is 87.8 Å². The van der Waals surface area contributed by atoms with Gasteiger partial charge in [0.25, 0.3) is 0 Å². The molecule has 26 heavy (non-hydrogen) atoms. The van der Waals surface area contributed by atoms with Crippen LogP contribution >= 0.6 is 11.8 Å². The third-order valence-electron chi connectivity index (χ3n) is 4.84. The smallest absolute Gasteiger partial charge is 0.239 e. The Hall–Kier alpha value is -1.58. The predicted molar refractivity (Wildman–Crippen MR) is 105 cm³/mol. The summed E-state index contributed by atoms with van der Waals surface area (Å²) >= 11 is 1.72. The predicted octanol–water partition coefficient (Wildman–Crippen LogP) is 0.0422. The number of morpholine rings is 1. The van der Waals surface area contributed by atoms with Gasteiger partial charge in [-0.05, 0) is 18.4 Å². The van der Waals surface area contributed by atoms with Crippen LogP contribution in [0.5, 0.6) is 0 Å². The highest BCUT2D eigenvalue weighted by atomic mass is 32.2. The zero-order valence-corrected chi connectivity index (χ0v) is 16.2. The second kappa shape index (κ2) is 9.38. The van der Waals surface area contributed by atoms with Gasteiger partial charge in [0, 0.05) is 45.3 Å². The van der Waals surface area contributed by atoms with Crippen LogP contribution in [0.4, 0.5) is 11.6 Å². The number of anilines is 2. The quantitative estimate of drug-likeness (QED) is 0.740. The molecule has 2 saturated heterocycles. The summed E-state index contributed by atoms with van der Waals surface area (Å²) in [6.45, 7) is 6.07. The van der Waals surface area contributed by atoms with E-state index in [1.54, 1.807) is 18.1 Å². The van der Waals surface area contributed by atoms with Crippen molar-refractivity contribution < 1.29 is 9.53 Å². The first-order valence-electron chi connectivity index (χ1n) is 9.12. The van der Waals surface area contributed by atoms with Gasteiger partial charge >= 0.3 is 0 Å². The number of amides is 1. The van der Waals surface area contributed by atoms with Crippen molar-refractivity contribution in [2.24, 2.45) is 5.73 Å². The molecular weight excluding hydrogens is 352 g/mol. The molecule has 1 aromatic rings. The summed E-state index contributed by atoms with van der Waals surface area (Å²) in [6, 6.07) is 1.65. The maximum atomic E-state index is 12.4. The first-order chi connectivity index (χ1) is 12.7. The normalized spacial score (nSPS) is 19.5. The van der Waals surface area contributed by atoms with E-state index in [1.165, 1.54) is 0 Å². The standard InChI is InChI=1S/C17H28N6O2S/c1-26-11-2-14(18)17(24)23-5-3-21(4-6-23)15-12-16(20-13-19-15)22-7-9-25-10-8-22/h12-14H,2-11,18H2,1H3. The van der Waals surface area contributed by atoms with Gasteiger partial charge in [0.1, 0.15) is 18.0 Å². The second-order valence-electron chi connectivity index (χ2n) is 6.53. The molecule has 2 aliphatic heterocycles. The van der Waals surface area contributed by atoms with Crippen LogP contribution in [0.25, 0.3) is 0 Å². The van der Waals surface area contributed by atoms with E-state index in [-0.39, 0.29) is 11.9 Å². The molecule has 1 unspecified atom stereocenters. The highest BCUT2D eigenvalue weighted by molar-refractivity contribution is 7.98. The zero-order chi connectivity index (χ0) is 18.4. The number of nitrogens with two attached hydrogens (primary N) is 1. The van der Waals surface area contributed by atoms with Crippen molar-refractivity contribution in [2.75, 3.05) is 74.3 Å². The summed E-state index contributed by atoms with van der Waals surface area (Å²) in [7, 11) is 0. The summed E-state index contributed by atoms with van der Waals surface area (Å²) < 4.78 is 5.40. The fourth-order valence-corrected chi connectivity index (χ4v) is 3.72. The number of piperazine rings is 1. The molecule has 2 aliphatic rings. The molecule has 3 heterocycles. The van der Waals surface area contributed by atoms with Gasteiger partial charge in [0.15, 0.2) is 0 Å². The molecule has 2 fully saturated rings. The number of ether oxygens (including phenoxy) is 1. The van der Waals surface area contributed by atoms with Crippen molar-refractivity contribution >= 4 is 29.3 Å². The minimum absolute atomic E-state index is 0.0652. The highest BCUT2D eigenvalue weighted by Crippen LogP contribution is 2.20. The number of thioether (sulfide) groups is 1. The average Bonchev–Trinajstić information content (AvgIpc) is 2.72. The van der Waals surface area contributed by atoms with Crippen LogP contribution in [-0.4, -0.2) is 91.3 Å². The molecule has 0 saturated carbocycles. The highest BCUT2D eigenvalue weighted by Gasteiger charge is 2.26. The third-order valence-corrected chi connectivity index (χ3v) is 5.48. The van der Waals surface area contributed by atoms with Crippen LogP contribution in [0.3, 0.4) is 0 Å². The van der Waals surface area contributed by atoms with E-state index in [1.807, 2.05) is 17.2 Å². The summed E-state index contributed by atoms with van der Waals surface area (Å²) in [4.78, 5) is 27.6.